The van der Waals surface area contributed by atoms with Crippen molar-refractivity contribution in [2.75, 3.05) is 36.3 Å². The van der Waals surface area contributed by atoms with Crippen molar-refractivity contribution in [2.24, 2.45) is 0 Å². The Hall–Kier alpha value is -2.79. The van der Waals surface area contributed by atoms with E-state index in [-0.39, 0.29) is 10.8 Å². The van der Waals surface area contributed by atoms with Crippen molar-refractivity contribution in [3.8, 4) is 0 Å². The summed E-state index contributed by atoms with van der Waals surface area (Å²) in [5, 5.41) is 4.80. The lowest BCUT2D eigenvalue weighted by atomic mass is 10.1. The number of aromatic nitrogens is 1. The van der Waals surface area contributed by atoms with Crippen LogP contribution >= 0.6 is 11.3 Å². The van der Waals surface area contributed by atoms with Crippen LogP contribution in [0.15, 0.2) is 65.0 Å². The quantitative estimate of drug-likeness (QED) is 0.565. The summed E-state index contributed by atoms with van der Waals surface area (Å²) < 4.78 is 32.6. The zero-order valence-electron chi connectivity index (χ0n) is 16.7. The van der Waals surface area contributed by atoms with Gasteiger partial charge in [-0.25, -0.2) is 13.4 Å². The first kappa shape index (κ1) is 21.4. The number of carbonyl (C=O) groups is 1. The first-order valence-electron chi connectivity index (χ1n) is 9.72. The van der Waals surface area contributed by atoms with Gasteiger partial charge >= 0.3 is 0 Å². The number of sulfonamides is 1. The highest BCUT2D eigenvalue weighted by molar-refractivity contribution is 7.93. The average Bonchev–Trinajstić information content (AvgIpc) is 3.27. The van der Waals surface area contributed by atoms with Crippen LogP contribution in [0.5, 0.6) is 0 Å². The molecule has 2 N–H and O–H groups in total. The molecule has 0 bridgehead atoms. The standard InChI is InChI=1S/C21H22N4O4S2/c26-20(17-3-1-2-16(14-17)15-25-9-11-29-12-10-25)23-18-4-6-19(7-5-18)31(27,28)24-21-22-8-13-30-21/h1-8,13-14H,9-12,15H2,(H,22,24)(H,23,26). The lowest BCUT2D eigenvalue weighted by molar-refractivity contribution is 0.0342. The zero-order chi connectivity index (χ0) is 21.7. The maximum absolute atomic E-state index is 12.7. The summed E-state index contributed by atoms with van der Waals surface area (Å²) >= 11 is 1.20. The van der Waals surface area contributed by atoms with Crippen molar-refractivity contribution in [3.63, 3.8) is 0 Å². The highest BCUT2D eigenvalue weighted by atomic mass is 32.2. The molecule has 0 atom stereocenters. The minimum absolute atomic E-state index is 0.0909. The topological polar surface area (TPSA) is 101 Å². The zero-order valence-corrected chi connectivity index (χ0v) is 18.3. The third-order valence-corrected chi connectivity index (χ3v) is 6.95. The Morgan fingerprint density at radius 2 is 1.90 bits per heavy atom. The van der Waals surface area contributed by atoms with Gasteiger partial charge in [0.1, 0.15) is 0 Å². The van der Waals surface area contributed by atoms with E-state index in [4.69, 9.17) is 4.74 Å². The Labute approximate surface area is 184 Å². The number of amides is 1. The van der Waals surface area contributed by atoms with E-state index in [1.165, 1.54) is 29.7 Å². The van der Waals surface area contributed by atoms with Crippen LogP contribution in [0.3, 0.4) is 0 Å². The van der Waals surface area contributed by atoms with Gasteiger partial charge in [0.2, 0.25) is 0 Å². The minimum Gasteiger partial charge on any atom is -0.379 e. The predicted octanol–water partition coefficient (Wildman–Crippen LogP) is 3.03. The lowest BCUT2D eigenvalue weighted by Crippen LogP contribution is -2.35. The van der Waals surface area contributed by atoms with E-state index in [1.54, 1.807) is 23.6 Å². The Bertz CT molecular complexity index is 1130. The normalized spacial score (nSPS) is 14.8. The molecule has 10 heteroatoms. The van der Waals surface area contributed by atoms with Crippen LogP contribution in [0.2, 0.25) is 0 Å². The molecule has 1 amide bonds. The summed E-state index contributed by atoms with van der Waals surface area (Å²) in [6, 6.07) is 13.5. The fourth-order valence-corrected chi connectivity index (χ4v) is 4.99. The third kappa shape index (κ3) is 5.67. The van der Waals surface area contributed by atoms with Gasteiger partial charge in [0.05, 0.1) is 18.1 Å². The molecule has 1 saturated heterocycles. The van der Waals surface area contributed by atoms with E-state index in [0.717, 1.165) is 38.4 Å². The molecule has 1 fully saturated rings. The molecular formula is C21H22N4O4S2. The second kappa shape index (κ2) is 9.56. The van der Waals surface area contributed by atoms with E-state index in [9.17, 15) is 13.2 Å². The Morgan fingerprint density at radius 1 is 1.13 bits per heavy atom. The molecule has 0 saturated carbocycles. The van der Waals surface area contributed by atoms with Crippen molar-refractivity contribution < 1.29 is 17.9 Å². The summed E-state index contributed by atoms with van der Waals surface area (Å²) in [5.74, 6) is -0.250. The monoisotopic (exact) mass is 458 g/mol. The fourth-order valence-electron chi connectivity index (χ4n) is 3.20. The van der Waals surface area contributed by atoms with Gasteiger partial charge in [-0.1, -0.05) is 12.1 Å². The largest absolute Gasteiger partial charge is 0.379 e. The molecule has 4 rings (SSSR count). The van der Waals surface area contributed by atoms with Gasteiger partial charge in [-0.3, -0.25) is 14.4 Å². The first-order chi connectivity index (χ1) is 15.0. The van der Waals surface area contributed by atoms with E-state index >= 15 is 0 Å². The Balaban J connectivity index is 1.40. The third-order valence-electron chi connectivity index (χ3n) is 4.78. The number of anilines is 2. The van der Waals surface area contributed by atoms with Gasteiger partial charge in [-0.2, -0.15) is 0 Å². The fraction of sp³-hybridized carbons (Fsp3) is 0.238. The van der Waals surface area contributed by atoms with E-state index in [0.29, 0.717) is 16.4 Å². The van der Waals surface area contributed by atoms with Crippen LogP contribution in [0, 0.1) is 0 Å². The number of ether oxygens (including phenoxy) is 1. The van der Waals surface area contributed by atoms with E-state index in [1.807, 2.05) is 18.2 Å². The molecule has 0 radical (unpaired) electrons. The van der Waals surface area contributed by atoms with Crippen molar-refractivity contribution in [1.82, 2.24) is 9.88 Å². The molecule has 0 aliphatic carbocycles. The second-order valence-electron chi connectivity index (χ2n) is 7.01. The van der Waals surface area contributed by atoms with Crippen LogP contribution in [0.25, 0.3) is 0 Å². The Kier molecular flexibility index (Phi) is 6.62. The highest BCUT2D eigenvalue weighted by Gasteiger charge is 2.16. The summed E-state index contributed by atoms with van der Waals surface area (Å²) in [6.45, 7) is 3.98. The number of nitrogens with zero attached hydrogens (tertiary/aromatic N) is 2. The molecule has 2 heterocycles. The van der Waals surface area contributed by atoms with Crippen molar-refractivity contribution in [2.45, 2.75) is 11.4 Å². The molecular weight excluding hydrogens is 436 g/mol. The van der Waals surface area contributed by atoms with E-state index in [2.05, 4.69) is 19.9 Å². The summed E-state index contributed by atoms with van der Waals surface area (Å²) in [5.41, 5.74) is 2.12. The number of benzene rings is 2. The molecule has 2 aromatic carbocycles. The number of hydrogen-bond donors (Lipinski definition) is 2. The number of rotatable bonds is 7. The van der Waals surface area contributed by atoms with Gasteiger partial charge in [-0.15, -0.1) is 11.3 Å². The lowest BCUT2D eigenvalue weighted by Gasteiger charge is -2.26. The molecule has 162 valence electrons. The van der Waals surface area contributed by atoms with Crippen LogP contribution in [-0.4, -0.2) is 50.5 Å². The van der Waals surface area contributed by atoms with Crippen LogP contribution in [0.4, 0.5) is 10.8 Å². The van der Waals surface area contributed by atoms with Gasteiger partial charge in [0, 0.05) is 42.5 Å². The number of nitrogens with one attached hydrogen (secondary N) is 2. The Morgan fingerprint density at radius 3 is 2.61 bits per heavy atom. The van der Waals surface area contributed by atoms with Crippen molar-refractivity contribution >= 4 is 38.1 Å². The highest BCUT2D eigenvalue weighted by Crippen LogP contribution is 2.20. The molecule has 0 unspecified atom stereocenters. The van der Waals surface area contributed by atoms with Crippen LogP contribution in [0.1, 0.15) is 15.9 Å². The molecule has 1 aromatic heterocycles. The summed E-state index contributed by atoms with van der Waals surface area (Å²) in [4.78, 5) is 19.0. The average molecular weight is 459 g/mol. The van der Waals surface area contributed by atoms with Gasteiger partial charge in [-0.05, 0) is 42.0 Å². The summed E-state index contributed by atoms with van der Waals surface area (Å²) in [7, 11) is -3.73. The maximum atomic E-state index is 12.7. The van der Waals surface area contributed by atoms with Crippen molar-refractivity contribution in [1.29, 1.82) is 0 Å². The molecule has 3 aromatic rings. The number of carbonyl (C=O) groups excluding carboxylic acids is 1. The van der Waals surface area contributed by atoms with Crippen LogP contribution in [-0.2, 0) is 21.3 Å². The maximum Gasteiger partial charge on any atom is 0.263 e. The molecule has 31 heavy (non-hydrogen) atoms. The number of morpholine rings is 1. The molecule has 0 spiro atoms. The second-order valence-corrected chi connectivity index (χ2v) is 9.59. The molecule has 8 nitrogen and oxygen atoms in total. The first-order valence-corrected chi connectivity index (χ1v) is 12.1. The van der Waals surface area contributed by atoms with Crippen molar-refractivity contribution in [3.05, 3.63) is 71.2 Å². The number of hydrogen-bond acceptors (Lipinski definition) is 7. The smallest absolute Gasteiger partial charge is 0.263 e. The molecule has 1 aliphatic rings. The molecule has 1 aliphatic heterocycles. The van der Waals surface area contributed by atoms with Gasteiger partial charge in [0.15, 0.2) is 5.13 Å². The SMILES string of the molecule is O=C(Nc1ccc(S(=O)(=O)Nc2nccs2)cc1)c1cccc(CN2CCOCC2)c1. The summed E-state index contributed by atoms with van der Waals surface area (Å²) in [6.07, 6.45) is 1.52. The number of thiazole rings is 1. The van der Waals surface area contributed by atoms with Gasteiger partial charge in [0.25, 0.3) is 15.9 Å². The van der Waals surface area contributed by atoms with Gasteiger partial charge < -0.3 is 10.1 Å². The van der Waals surface area contributed by atoms with E-state index < -0.39 is 10.0 Å². The predicted molar refractivity (Wildman–Crippen MR) is 120 cm³/mol. The minimum atomic E-state index is -3.73. The van der Waals surface area contributed by atoms with Crippen LogP contribution < -0.4 is 10.0 Å².